The highest BCUT2D eigenvalue weighted by Crippen LogP contribution is 2.61. The second-order valence-electron chi connectivity index (χ2n) is 16.6. The smallest absolute Gasteiger partial charge is 0.0162 e. The van der Waals surface area contributed by atoms with Gasteiger partial charge in [-0.15, -0.1) is 0 Å². The first-order valence-corrected chi connectivity index (χ1v) is 16.0. The Labute approximate surface area is 215 Å². The van der Waals surface area contributed by atoms with Gasteiger partial charge in [-0.05, 0) is 181 Å². The molecule has 0 aromatic heterocycles. The summed E-state index contributed by atoms with van der Waals surface area (Å²) in [6.07, 6.45) is 26.1. The third-order valence-electron chi connectivity index (χ3n) is 13.2. The van der Waals surface area contributed by atoms with E-state index in [1.165, 1.54) is 116 Å². The van der Waals surface area contributed by atoms with Crippen LogP contribution in [0, 0.1) is 58.7 Å². The highest BCUT2D eigenvalue weighted by Gasteiger charge is 2.52. The Morgan fingerprint density at radius 3 is 0.800 bits per heavy atom. The van der Waals surface area contributed by atoms with Crippen molar-refractivity contribution in [2.24, 2.45) is 75.9 Å². The molecular formula is C32H55N3. The van der Waals surface area contributed by atoms with Crippen LogP contribution in [0.5, 0.6) is 0 Å². The van der Waals surface area contributed by atoms with E-state index in [1.807, 2.05) is 0 Å². The molecule has 1 atom stereocenters. The van der Waals surface area contributed by atoms with Crippen LogP contribution in [0.2, 0.25) is 0 Å². The van der Waals surface area contributed by atoms with Gasteiger partial charge < -0.3 is 17.2 Å². The normalized spacial score (nSPS) is 58.5. The van der Waals surface area contributed by atoms with Gasteiger partial charge in [-0.25, -0.2) is 0 Å². The van der Waals surface area contributed by atoms with Crippen LogP contribution in [0.1, 0.15) is 122 Å². The van der Waals surface area contributed by atoms with Crippen molar-refractivity contribution in [1.82, 2.24) is 0 Å². The van der Waals surface area contributed by atoms with E-state index in [-0.39, 0.29) is 0 Å². The molecule has 12 saturated carbocycles. The van der Waals surface area contributed by atoms with E-state index in [4.69, 9.17) is 17.2 Å². The minimum Gasteiger partial charge on any atom is -0.327 e. The molecule has 0 radical (unpaired) electrons. The molecule has 12 aliphatic carbocycles. The third-order valence-corrected chi connectivity index (χ3v) is 13.2. The Morgan fingerprint density at radius 2 is 0.629 bits per heavy atom. The lowest BCUT2D eigenvalue weighted by Gasteiger charge is -2.58. The zero-order valence-corrected chi connectivity index (χ0v) is 22.7. The molecule has 0 aromatic carbocycles. The van der Waals surface area contributed by atoms with Crippen LogP contribution in [-0.4, -0.2) is 17.1 Å². The second kappa shape index (κ2) is 8.44. The minimum atomic E-state index is 0.300. The monoisotopic (exact) mass is 481 g/mol. The standard InChI is InChI=1S/C12H21N.2C10H17N/c1-8(13)12-5-9-2-10(6-12)4-11(3-9)7-12;2*11-10-4-7-1-8(5-10)3-9(2-7)6-10/h8-11H,2-7,13H2,1H3;2*7-9H,1-6,11H2. The average molecular weight is 482 g/mol. The quantitative estimate of drug-likeness (QED) is 0.407. The van der Waals surface area contributed by atoms with Crippen LogP contribution in [0.4, 0.5) is 0 Å². The van der Waals surface area contributed by atoms with E-state index < -0.39 is 0 Å². The SMILES string of the molecule is CC(N)C12CC3CC(CC(C3)C1)C2.NC12CC3CC(CC(C3)C1)C2.NC12CC3CC(CC(C3)C1)C2. The van der Waals surface area contributed by atoms with E-state index >= 15 is 0 Å². The summed E-state index contributed by atoms with van der Waals surface area (Å²) in [6, 6.07) is 0.445. The highest BCUT2D eigenvalue weighted by molar-refractivity contribution is 5.06. The fourth-order valence-electron chi connectivity index (χ4n) is 13.1. The fourth-order valence-corrected chi connectivity index (χ4v) is 13.1. The second-order valence-corrected chi connectivity index (χ2v) is 16.6. The van der Waals surface area contributed by atoms with E-state index in [0.29, 0.717) is 22.5 Å². The van der Waals surface area contributed by atoms with Crippen molar-refractivity contribution in [3.63, 3.8) is 0 Å². The summed E-state index contributed by atoms with van der Waals surface area (Å²) in [4.78, 5) is 0. The summed E-state index contributed by atoms with van der Waals surface area (Å²) in [6.45, 7) is 2.24. The van der Waals surface area contributed by atoms with Gasteiger partial charge in [0.1, 0.15) is 0 Å². The molecule has 0 aliphatic heterocycles. The van der Waals surface area contributed by atoms with Crippen molar-refractivity contribution in [2.45, 2.75) is 140 Å². The predicted molar refractivity (Wildman–Crippen MR) is 144 cm³/mol. The summed E-state index contributed by atoms with van der Waals surface area (Å²) in [5.41, 5.74) is 20.0. The predicted octanol–water partition coefficient (Wildman–Crippen LogP) is 6.38. The van der Waals surface area contributed by atoms with Crippen molar-refractivity contribution in [3.05, 3.63) is 0 Å². The van der Waals surface area contributed by atoms with Gasteiger partial charge in [-0.1, -0.05) is 0 Å². The summed E-state index contributed by atoms with van der Waals surface area (Å²) in [5, 5.41) is 0. The Bertz CT molecular complexity index is 651. The largest absolute Gasteiger partial charge is 0.327 e. The molecule has 3 nitrogen and oxygen atoms in total. The summed E-state index contributed by atoms with van der Waals surface area (Å²) >= 11 is 0. The Hall–Kier alpha value is -0.120. The van der Waals surface area contributed by atoms with Crippen molar-refractivity contribution in [3.8, 4) is 0 Å². The van der Waals surface area contributed by atoms with Crippen molar-refractivity contribution >= 4 is 0 Å². The lowest BCUT2D eigenvalue weighted by Crippen LogP contribution is -2.55. The van der Waals surface area contributed by atoms with Crippen molar-refractivity contribution < 1.29 is 0 Å². The van der Waals surface area contributed by atoms with Gasteiger partial charge in [0.25, 0.3) is 0 Å². The van der Waals surface area contributed by atoms with Gasteiger partial charge in [0.15, 0.2) is 0 Å². The summed E-state index contributed by atoms with van der Waals surface area (Å²) < 4.78 is 0. The van der Waals surface area contributed by atoms with Crippen LogP contribution in [-0.2, 0) is 0 Å². The minimum absolute atomic E-state index is 0.300. The van der Waals surface area contributed by atoms with E-state index in [9.17, 15) is 0 Å². The molecular weight excluding hydrogens is 426 g/mol. The first kappa shape index (κ1) is 24.0. The number of nitrogens with two attached hydrogens (primary N) is 3. The average Bonchev–Trinajstić information content (AvgIpc) is 2.70. The molecule has 3 heteroatoms. The molecule has 12 aliphatic rings. The van der Waals surface area contributed by atoms with Crippen LogP contribution >= 0.6 is 0 Å². The maximum atomic E-state index is 6.32. The number of hydrogen-bond donors (Lipinski definition) is 3. The van der Waals surface area contributed by atoms with Crippen LogP contribution in [0.25, 0.3) is 0 Å². The fraction of sp³-hybridized carbons (Fsp3) is 1.00. The van der Waals surface area contributed by atoms with Crippen molar-refractivity contribution in [1.29, 1.82) is 0 Å². The molecule has 35 heavy (non-hydrogen) atoms. The van der Waals surface area contributed by atoms with Crippen molar-refractivity contribution in [2.75, 3.05) is 0 Å². The highest BCUT2D eigenvalue weighted by atomic mass is 14.8. The van der Waals surface area contributed by atoms with Gasteiger partial charge in [-0.3, -0.25) is 0 Å². The Balaban J connectivity index is 0.0000000905. The molecule has 198 valence electrons. The number of hydrogen-bond acceptors (Lipinski definition) is 3. The molecule has 12 bridgehead atoms. The summed E-state index contributed by atoms with van der Waals surface area (Å²) in [5.74, 6) is 9.28. The number of rotatable bonds is 1. The zero-order valence-electron chi connectivity index (χ0n) is 22.7. The van der Waals surface area contributed by atoms with Gasteiger partial charge in [0.05, 0.1) is 0 Å². The molecule has 1 unspecified atom stereocenters. The van der Waals surface area contributed by atoms with Crippen LogP contribution < -0.4 is 17.2 Å². The molecule has 0 amide bonds. The molecule has 6 N–H and O–H groups in total. The van der Waals surface area contributed by atoms with Gasteiger partial charge in [-0.2, -0.15) is 0 Å². The molecule has 12 rings (SSSR count). The molecule has 0 aromatic rings. The lowest BCUT2D eigenvalue weighted by molar-refractivity contribution is -0.0637. The van der Waals surface area contributed by atoms with Gasteiger partial charge >= 0.3 is 0 Å². The maximum Gasteiger partial charge on any atom is 0.0162 e. The Morgan fingerprint density at radius 1 is 0.429 bits per heavy atom. The third kappa shape index (κ3) is 4.56. The zero-order chi connectivity index (χ0) is 24.0. The van der Waals surface area contributed by atoms with E-state index in [0.717, 1.165) is 53.3 Å². The molecule has 12 fully saturated rings. The molecule has 0 spiro atoms. The first-order valence-electron chi connectivity index (χ1n) is 16.0. The molecule has 0 heterocycles. The maximum absolute atomic E-state index is 6.32. The van der Waals surface area contributed by atoms with E-state index in [1.54, 1.807) is 0 Å². The first-order chi connectivity index (χ1) is 16.6. The van der Waals surface area contributed by atoms with Crippen LogP contribution in [0.15, 0.2) is 0 Å². The van der Waals surface area contributed by atoms with Gasteiger partial charge in [0.2, 0.25) is 0 Å². The topological polar surface area (TPSA) is 78.1 Å². The lowest BCUT2D eigenvalue weighted by atomic mass is 9.48. The molecule has 0 saturated heterocycles. The van der Waals surface area contributed by atoms with Gasteiger partial charge in [0, 0.05) is 17.1 Å². The van der Waals surface area contributed by atoms with E-state index in [2.05, 4.69) is 6.92 Å². The van der Waals surface area contributed by atoms with Crippen LogP contribution in [0.3, 0.4) is 0 Å². The Kier molecular flexibility index (Phi) is 5.78. The summed E-state index contributed by atoms with van der Waals surface area (Å²) in [7, 11) is 0.